The second-order valence-corrected chi connectivity index (χ2v) is 9.17. The molecule has 1 unspecified atom stereocenters. The average molecular weight is 354 g/mol. The third kappa shape index (κ3) is 3.51. The summed E-state index contributed by atoms with van der Waals surface area (Å²) < 4.78 is 34.3. The van der Waals surface area contributed by atoms with Crippen molar-refractivity contribution in [2.75, 3.05) is 26.3 Å². The molecule has 1 aliphatic carbocycles. The van der Waals surface area contributed by atoms with Gasteiger partial charge in [-0.3, -0.25) is 9.58 Å². The first kappa shape index (κ1) is 16.5. The summed E-state index contributed by atoms with van der Waals surface area (Å²) in [6.07, 6.45) is 6.40. The van der Waals surface area contributed by atoms with Crippen LogP contribution < -0.4 is 4.72 Å². The van der Waals surface area contributed by atoms with Gasteiger partial charge in [0.05, 0.1) is 17.0 Å². The van der Waals surface area contributed by atoms with Gasteiger partial charge < -0.3 is 4.74 Å². The molecule has 0 amide bonds. The third-order valence-corrected chi connectivity index (χ3v) is 7.32. The molecule has 24 heavy (non-hydrogen) atoms. The van der Waals surface area contributed by atoms with Crippen molar-refractivity contribution in [2.45, 2.75) is 56.0 Å². The predicted octanol–water partition coefficient (Wildman–Crippen LogP) is 0.891. The number of nitrogens with one attached hydrogen (secondary N) is 1. The van der Waals surface area contributed by atoms with Gasteiger partial charge in [-0.1, -0.05) is 0 Å². The van der Waals surface area contributed by atoms with E-state index < -0.39 is 10.0 Å². The Kier molecular flexibility index (Phi) is 4.64. The van der Waals surface area contributed by atoms with Crippen molar-refractivity contribution in [2.24, 2.45) is 0 Å². The molecule has 0 aromatic carbocycles. The molecule has 3 aliphatic rings. The Balaban J connectivity index is 1.39. The normalized spacial score (nSPS) is 26.4. The number of sulfonamides is 1. The monoisotopic (exact) mass is 354 g/mol. The van der Waals surface area contributed by atoms with Crippen molar-refractivity contribution in [3.63, 3.8) is 0 Å². The minimum Gasteiger partial charge on any atom is -0.381 e. The van der Waals surface area contributed by atoms with Crippen LogP contribution in [0.3, 0.4) is 0 Å². The summed E-state index contributed by atoms with van der Waals surface area (Å²) in [6.45, 7) is 4.03. The first-order valence-electron chi connectivity index (χ1n) is 8.96. The summed E-state index contributed by atoms with van der Waals surface area (Å²) in [6, 6.07) is 2.87. The van der Waals surface area contributed by atoms with Crippen LogP contribution in [-0.2, 0) is 21.3 Å². The smallest absolute Gasteiger partial charge is 0.214 e. The number of hydrogen-bond acceptors (Lipinski definition) is 5. The largest absolute Gasteiger partial charge is 0.381 e. The maximum absolute atomic E-state index is 12.0. The van der Waals surface area contributed by atoms with Gasteiger partial charge in [-0.2, -0.15) is 5.10 Å². The zero-order chi connectivity index (χ0) is 16.6. The maximum atomic E-state index is 12.0. The lowest BCUT2D eigenvalue weighted by Crippen LogP contribution is -2.46. The van der Waals surface area contributed by atoms with Crippen molar-refractivity contribution in [3.05, 3.63) is 18.0 Å². The third-order valence-electron chi connectivity index (χ3n) is 5.36. The SMILES string of the molecule is O=S(=O)(NCCC1CN(C2CCOCC2)Cc2ccnn21)C1CC1. The summed E-state index contributed by atoms with van der Waals surface area (Å²) in [4.78, 5) is 2.53. The standard InChI is InChI=1S/C16H26N4O3S/c21-24(22,16-1-2-16)18-8-4-15-12-19(13-5-9-23-10-6-13)11-14-3-7-17-20(14)15/h3,7,13,15-16,18H,1-2,4-6,8-12H2. The minimum absolute atomic E-state index is 0.150. The second kappa shape index (κ2) is 6.74. The van der Waals surface area contributed by atoms with Gasteiger partial charge >= 0.3 is 0 Å². The molecule has 1 aromatic heterocycles. The fraction of sp³-hybridized carbons (Fsp3) is 0.812. The van der Waals surface area contributed by atoms with Gasteiger partial charge in [0, 0.05) is 45.1 Å². The molecule has 0 bridgehead atoms. The van der Waals surface area contributed by atoms with E-state index in [1.54, 1.807) is 0 Å². The second-order valence-electron chi connectivity index (χ2n) is 7.12. The summed E-state index contributed by atoms with van der Waals surface area (Å²) in [7, 11) is -3.10. The van der Waals surface area contributed by atoms with E-state index >= 15 is 0 Å². The highest BCUT2D eigenvalue weighted by Gasteiger charge is 2.36. The van der Waals surface area contributed by atoms with Gasteiger partial charge in [0.2, 0.25) is 10.0 Å². The van der Waals surface area contributed by atoms with E-state index in [4.69, 9.17) is 4.74 Å². The molecule has 1 saturated carbocycles. The fourth-order valence-electron chi connectivity index (χ4n) is 3.82. The van der Waals surface area contributed by atoms with E-state index in [-0.39, 0.29) is 11.3 Å². The van der Waals surface area contributed by atoms with Crippen molar-refractivity contribution in [1.29, 1.82) is 0 Å². The van der Waals surface area contributed by atoms with Crippen LogP contribution in [0.15, 0.2) is 12.3 Å². The molecule has 2 fully saturated rings. The molecule has 1 N–H and O–H groups in total. The molecule has 1 atom stereocenters. The highest BCUT2D eigenvalue weighted by Crippen LogP contribution is 2.29. The fourth-order valence-corrected chi connectivity index (χ4v) is 5.22. The van der Waals surface area contributed by atoms with Gasteiger partial charge in [0.15, 0.2) is 0 Å². The summed E-state index contributed by atoms with van der Waals surface area (Å²) >= 11 is 0. The Hall–Kier alpha value is -0.960. The van der Waals surface area contributed by atoms with Crippen LogP contribution in [0, 0.1) is 0 Å². The van der Waals surface area contributed by atoms with Crippen molar-refractivity contribution < 1.29 is 13.2 Å². The number of fused-ring (bicyclic) bond motifs is 1. The molecule has 0 radical (unpaired) electrons. The summed E-state index contributed by atoms with van der Waals surface area (Å²) in [5.74, 6) is 0. The van der Waals surface area contributed by atoms with Crippen LogP contribution in [0.4, 0.5) is 0 Å². The number of ether oxygens (including phenoxy) is 1. The highest BCUT2D eigenvalue weighted by atomic mass is 32.2. The zero-order valence-corrected chi connectivity index (χ0v) is 14.7. The average Bonchev–Trinajstić information content (AvgIpc) is 3.35. The Bertz CT molecular complexity index is 665. The predicted molar refractivity (Wildman–Crippen MR) is 90.1 cm³/mol. The van der Waals surface area contributed by atoms with E-state index in [9.17, 15) is 8.42 Å². The van der Waals surface area contributed by atoms with Crippen LogP contribution in [0.1, 0.15) is 43.8 Å². The lowest BCUT2D eigenvalue weighted by Gasteiger charge is -2.40. The van der Waals surface area contributed by atoms with Crippen LogP contribution >= 0.6 is 0 Å². The van der Waals surface area contributed by atoms with Crippen LogP contribution in [0.25, 0.3) is 0 Å². The Labute approximate surface area is 143 Å². The Morgan fingerprint density at radius 3 is 2.79 bits per heavy atom. The summed E-state index contributed by atoms with van der Waals surface area (Å²) in [5.41, 5.74) is 1.22. The molecule has 2 aliphatic heterocycles. The number of nitrogens with zero attached hydrogens (tertiary/aromatic N) is 3. The van der Waals surface area contributed by atoms with E-state index in [1.165, 1.54) is 5.69 Å². The maximum Gasteiger partial charge on any atom is 0.214 e. The Morgan fingerprint density at radius 2 is 2.04 bits per heavy atom. The number of rotatable bonds is 6. The van der Waals surface area contributed by atoms with Crippen molar-refractivity contribution in [1.82, 2.24) is 19.4 Å². The number of aromatic nitrogens is 2. The van der Waals surface area contributed by atoms with E-state index in [0.29, 0.717) is 12.6 Å². The van der Waals surface area contributed by atoms with E-state index in [1.807, 2.05) is 6.20 Å². The Morgan fingerprint density at radius 1 is 1.25 bits per heavy atom. The quantitative estimate of drug-likeness (QED) is 0.821. The van der Waals surface area contributed by atoms with Crippen molar-refractivity contribution >= 4 is 10.0 Å². The molecule has 3 heterocycles. The van der Waals surface area contributed by atoms with Gasteiger partial charge in [-0.25, -0.2) is 13.1 Å². The van der Waals surface area contributed by atoms with E-state index in [0.717, 1.165) is 58.4 Å². The van der Waals surface area contributed by atoms with Crippen LogP contribution in [0.5, 0.6) is 0 Å². The topological polar surface area (TPSA) is 76.5 Å². The first-order valence-corrected chi connectivity index (χ1v) is 10.5. The van der Waals surface area contributed by atoms with Crippen molar-refractivity contribution in [3.8, 4) is 0 Å². The van der Waals surface area contributed by atoms with Gasteiger partial charge in [0.1, 0.15) is 0 Å². The van der Waals surface area contributed by atoms with Crippen LogP contribution in [-0.4, -0.2) is 60.7 Å². The first-order chi connectivity index (χ1) is 11.6. The van der Waals surface area contributed by atoms with Gasteiger partial charge in [-0.15, -0.1) is 0 Å². The molecule has 1 aromatic rings. The molecule has 134 valence electrons. The molecule has 8 heteroatoms. The number of hydrogen-bond donors (Lipinski definition) is 1. The molecule has 4 rings (SSSR count). The molecule has 0 spiro atoms. The molecular formula is C16H26N4O3S. The van der Waals surface area contributed by atoms with E-state index in [2.05, 4.69) is 25.5 Å². The molecule has 7 nitrogen and oxygen atoms in total. The lowest BCUT2D eigenvalue weighted by molar-refractivity contribution is 0.0159. The van der Waals surface area contributed by atoms with Crippen LogP contribution in [0.2, 0.25) is 0 Å². The lowest BCUT2D eigenvalue weighted by atomic mass is 10.0. The van der Waals surface area contributed by atoms with Gasteiger partial charge in [-0.05, 0) is 38.2 Å². The molecule has 1 saturated heterocycles. The zero-order valence-electron chi connectivity index (χ0n) is 13.9. The minimum atomic E-state index is -3.10. The summed E-state index contributed by atoms with van der Waals surface area (Å²) in [5, 5.41) is 4.32. The van der Waals surface area contributed by atoms with Gasteiger partial charge in [0.25, 0.3) is 0 Å². The molecular weight excluding hydrogens is 328 g/mol. The highest BCUT2D eigenvalue weighted by molar-refractivity contribution is 7.90.